The smallest absolute Gasteiger partial charge is 0.283 e. The van der Waals surface area contributed by atoms with Gasteiger partial charge in [0.1, 0.15) is 19.8 Å². The van der Waals surface area contributed by atoms with E-state index in [2.05, 4.69) is 5.43 Å². The van der Waals surface area contributed by atoms with Gasteiger partial charge < -0.3 is 4.90 Å². The molecule has 2 aliphatic heterocycles. The predicted molar refractivity (Wildman–Crippen MR) is 157 cm³/mol. The maximum absolute atomic E-state index is 13.9. The van der Waals surface area contributed by atoms with Gasteiger partial charge in [0.25, 0.3) is 11.5 Å². The molecule has 10 heteroatoms. The lowest BCUT2D eigenvalue weighted by atomic mass is 10.2. The van der Waals surface area contributed by atoms with E-state index in [0.717, 1.165) is 15.6 Å². The zero-order valence-electron chi connectivity index (χ0n) is 20.5. The lowest BCUT2D eigenvalue weighted by Gasteiger charge is -2.14. The summed E-state index contributed by atoms with van der Waals surface area (Å²) in [5, 5.41) is 2.92. The Bertz CT molecular complexity index is 1780. The summed E-state index contributed by atoms with van der Waals surface area (Å²) >= 11 is 9.08. The standard InChI is InChI=1S/C28H22ClN5O2S2/c1-3-33-26(36)23(28-32(2)20-16-17(29)14-15-21(20)37-28)38-27(33)22-24(30-18-10-6-4-7-11-18)31-34(25(22)35)19-12-8-5-9-13-19/h4-16H,3H2,1-2H3,(H,30,31)/b27-22+,28-23-. The number of nitrogens with one attached hydrogen (secondary N) is 1. The second-order valence-corrected chi connectivity index (χ2v) is 11.1. The van der Waals surface area contributed by atoms with Gasteiger partial charge in [0.2, 0.25) is 0 Å². The molecule has 0 radical (unpaired) electrons. The summed E-state index contributed by atoms with van der Waals surface area (Å²) in [6.45, 7) is 2.31. The number of aliphatic imine (C=N–C) groups is 1. The normalized spacial score (nSPS) is 18.8. The van der Waals surface area contributed by atoms with Gasteiger partial charge in [0.05, 0.1) is 17.1 Å². The van der Waals surface area contributed by atoms with Crippen molar-refractivity contribution in [2.45, 2.75) is 18.4 Å². The fourth-order valence-electron chi connectivity index (χ4n) is 4.43. The molecule has 7 nitrogen and oxygen atoms in total. The van der Waals surface area contributed by atoms with Crippen LogP contribution in [0.2, 0.25) is 5.02 Å². The number of para-hydroxylation sites is 2. The predicted octanol–water partition coefficient (Wildman–Crippen LogP) is 4.32. The lowest BCUT2D eigenvalue weighted by molar-refractivity contribution is -0.113. The van der Waals surface area contributed by atoms with Gasteiger partial charge in [0.15, 0.2) is 5.84 Å². The summed E-state index contributed by atoms with van der Waals surface area (Å²) in [5.41, 5.74) is 5.73. The highest BCUT2D eigenvalue weighted by atomic mass is 35.5. The minimum absolute atomic E-state index is 0.140. The lowest BCUT2D eigenvalue weighted by Crippen LogP contribution is -2.35. The van der Waals surface area contributed by atoms with Gasteiger partial charge in [-0.1, -0.05) is 59.8 Å². The largest absolute Gasteiger partial charge is 0.337 e. The number of carbonyl (C=O) groups is 1. The summed E-state index contributed by atoms with van der Waals surface area (Å²) in [7, 11) is 1.93. The Hall–Kier alpha value is -3.79. The molecule has 3 aromatic carbocycles. The number of fused-ring (bicyclic) bond motifs is 1. The van der Waals surface area contributed by atoms with Gasteiger partial charge in [-0.05, 0) is 49.4 Å². The number of anilines is 2. The van der Waals surface area contributed by atoms with Gasteiger partial charge >= 0.3 is 0 Å². The van der Waals surface area contributed by atoms with Crippen LogP contribution in [0.5, 0.6) is 0 Å². The molecule has 3 heterocycles. The highest BCUT2D eigenvalue weighted by Crippen LogP contribution is 2.46. The van der Waals surface area contributed by atoms with Crippen molar-refractivity contribution < 1.29 is 4.79 Å². The van der Waals surface area contributed by atoms with Crippen LogP contribution in [-0.4, -0.2) is 23.4 Å². The molecule has 38 heavy (non-hydrogen) atoms. The van der Waals surface area contributed by atoms with Crippen LogP contribution in [0.25, 0.3) is 10.6 Å². The summed E-state index contributed by atoms with van der Waals surface area (Å²) in [4.78, 5) is 35.4. The van der Waals surface area contributed by atoms with E-state index in [9.17, 15) is 9.59 Å². The van der Waals surface area contributed by atoms with Gasteiger partial charge in [-0.15, -0.1) is 11.3 Å². The molecular formula is C28H22ClN5O2S2. The first kappa shape index (κ1) is 24.5. The molecule has 0 bridgehead atoms. The van der Waals surface area contributed by atoms with Crippen LogP contribution < -0.4 is 30.1 Å². The van der Waals surface area contributed by atoms with Crippen LogP contribution in [0, 0.1) is 0 Å². The minimum atomic E-state index is -0.270. The fraction of sp³-hybridized carbons (Fsp3) is 0.107. The molecule has 1 fully saturated rings. The topological polar surface area (TPSA) is 69.9 Å². The van der Waals surface area contributed by atoms with Crippen LogP contribution in [0.1, 0.15) is 6.92 Å². The number of rotatable bonds is 3. The molecule has 0 saturated carbocycles. The van der Waals surface area contributed by atoms with E-state index in [0.29, 0.717) is 43.5 Å². The SMILES string of the molecule is CCn1c(=O)/c(=C2/Sc3ccc(Cl)cc3N2C)s/c1=C1/C(=O)N(c2ccccc2)NC1=Nc1ccccc1. The molecule has 1 N–H and O–H groups in total. The summed E-state index contributed by atoms with van der Waals surface area (Å²) in [6.07, 6.45) is 0. The number of aromatic nitrogens is 1. The van der Waals surface area contributed by atoms with Crippen molar-refractivity contribution in [2.75, 3.05) is 17.0 Å². The van der Waals surface area contributed by atoms with Crippen molar-refractivity contribution in [3.05, 3.63) is 103 Å². The highest BCUT2D eigenvalue weighted by Gasteiger charge is 2.35. The quantitative estimate of drug-likeness (QED) is 0.405. The number of thioether (sulfide) groups is 1. The highest BCUT2D eigenvalue weighted by molar-refractivity contribution is 8.08. The molecule has 1 aromatic heterocycles. The van der Waals surface area contributed by atoms with Crippen LogP contribution in [0.15, 0.2) is 93.5 Å². The van der Waals surface area contributed by atoms with Gasteiger partial charge in [-0.2, -0.15) is 0 Å². The molecule has 190 valence electrons. The van der Waals surface area contributed by atoms with Crippen molar-refractivity contribution in [3.63, 3.8) is 0 Å². The molecule has 6 rings (SSSR count). The van der Waals surface area contributed by atoms with Crippen molar-refractivity contribution >= 4 is 74.1 Å². The van der Waals surface area contributed by atoms with Crippen molar-refractivity contribution in [2.24, 2.45) is 4.99 Å². The van der Waals surface area contributed by atoms with Gasteiger partial charge in [0, 0.05) is 23.5 Å². The first-order valence-corrected chi connectivity index (χ1v) is 14.0. The minimum Gasteiger partial charge on any atom is -0.337 e. The maximum Gasteiger partial charge on any atom is 0.283 e. The van der Waals surface area contributed by atoms with Crippen LogP contribution in [0.3, 0.4) is 0 Å². The Morgan fingerprint density at radius 1 is 0.974 bits per heavy atom. The molecule has 0 aliphatic carbocycles. The third-order valence-corrected chi connectivity index (χ3v) is 9.07. The number of thiazole rings is 1. The Labute approximate surface area is 232 Å². The van der Waals surface area contributed by atoms with Crippen molar-refractivity contribution in [1.82, 2.24) is 9.99 Å². The fourth-order valence-corrected chi connectivity index (χ4v) is 7.13. The third kappa shape index (κ3) is 4.13. The number of hydrogen-bond acceptors (Lipinski definition) is 6. The number of nitrogens with zero attached hydrogens (tertiary/aromatic N) is 4. The Morgan fingerprint density at radius 2 is 1.68 bits per heavy atom. The summed E-state index contributed by atoms with van der Waals surface area (Å²) in [5.74, 6) is 0.126. The number of benzene rings is 3. The molecule has 2 aliphatic rings. The van der Waals surface area contributed by atoms with E-state index in [1.165, 1.54) is 28.1 Å². The molecule has 1 saturated heterocycles. The molecule has 4 aromatic rings. The molecule has 0 unspecified atom stereocenters. The number of amides is 1. The van der Waals surface area contributed by atoms with Crippen LogP contribution in [-0.2, 0) is 11.3 Å². The molecule has 0 spiro atoms. The first-order valence-electron chi connectivity index (χ1n) is 12.0. The third-order valence-electron chi connectivity index (χ3n) is 6.28. The molecule has 1 amide bonds. The number of amidine groups is 1. The summed E-state index contributed by atoms with van der Waals surface area (Å²) < 4.78 is 2.79. The molecular weight excluding hydrogens is 538 g/mol. The van der Waals surface area contributed by atoms with E-state index in [1.54, 1.807) is 4.57 Å². The monoisotopic (exact) mass is 559 g/mol. The average molecular weight is 560 g/mol. The van der Waals surface area contributed by atoms with E-state index in [-0.39, 0.29) is 11.5 Å². The second-order valence-electron chi connectivity index (χ2n) is 8.62. The molecule has 0 atom stereocenters. The van der Waals surface area contributed by atoms with Gasteiger partial charge in [-0.25, -0.2) is 10.0 Å². The van der Waals surface area contributed by atoms with Crippen molar-refractivity contribution in [1.29, 1.82) is 0 Å². The average Bonchev–Trinajstić information content (AvgIpc) is 3.55. The number of hydrazine groups is 1. The maximum atomic E-state index is 13.9. The van der Waals surface area contributed by atoms with E-state index < -0.39 is 0 Å². The van der Waals surface area contributed by atoms with E-state index in [1.807, 2.05) is 97.7 Å². The number of carbonyl (C=O) groups excluding carboxylic acids is 1. The first-order chi connectivity index (χ1) is 18.5. The van der Waals surface area contributed by atoms with Gasteiger partial charge in [-0.3, -0.25) is 19.6 Å². The zero-order chi connectivity index (χ0) is 26.4. The second kappa shape index (κ2) is 9.83. The Morgan fingerprint density at radius 3 is 2.39 bits per heavy atom. The van der Waals surface area contributed by atoms with Crippen LogP contribution >= 0.6 is 34.7 Å². The Balaban J connectivity index is 1.61. The van der Waals surface area contributed by atoms with Crippen molar-refractivity contribution in [3.8, 4) is 0 Å². The zero-order valence-corrected chi connectivity index (χ0v) is 22.9. The Kier molecular flexibility index (Phi) is 6.35. The van der Waals surface area contributed by atoms with E-state index in [4.69, 9.17) is 16.6 Å². The summed E-state index contributed by atoms with van der Waals surface area (Å²) in [6, 6.07) is 24.5. The van der Waals surface area contributed by atoms with Crippen LogP contribution in [0.4, 0.5) is 17.1 Å². The number of halogens is 1. The van der Waals surface area contributed by atoms with E-state index >= 15 is 0 Å². The number of hydrogen-bond donors (Lipinski definition) is 1.